The molecular weight excluding hydrogens is 463 g/mol. The molecule has 0 aliphatic heterocycles. The molecule has 1 heterocycles. The maximum atomic E-state index is 13.9. The summed E-state index contributed by atoms with van der Waals surface area (Å²) in [5.74, 6) is 0.303. The second-order valence-corrected chi connectivity index (χ2v) is 9.35. The van der Waals surface area contributed by atoms with E-state index in [1.165, 1.54) is 12.1 Å². The topological polar surface area (TPSA) is 63.0 Å². The van der Waals surface area contributed by atoms with E-state index in [1.807, 2.05) is 36.4 Å². The average Bonchev–Trinajstić information content (AvgIpc) is 2.94. The highest BCUT2D eigenvalue weighted by molar-refractivity contribution is 5.95. The minimum absolute atomic E-state index is 0.209. The van der Waals surface area contributed by atoms with Crippen LogP contribution in [-0.2, 0) is 4.79 Å². The van der Waals surface area contributed by atoms with Gasteiger partial charge in [0, 0.05) is 29.5 Å². The molecule has 0 radical (unpaired) electrons. The number of nitrogens with zero attached hydrogens (tertiary/aromatic N) is 2. The fraction of sp³-hybridized carbons (Fsp3) is 0.219. The third-order valence-corrected chi connectivity index (χ3v) is 6.96. The van der Waals surface area contributed by atoms with E-state index >= 15 is 0 Å². The lowest BCUT2D eigenvalue weighted by atomic mass is 9.83. The molecule has 1 aliphatic rings. The first kappa shape index (κ1) is 24.4. The van der Waals surface area contributed by atoms with E-state index in [9.17, 15) is 14.4 Å². The standard InChI is InChI=1S/C32H27FN2O2/c33-26-15-12-23(13-16-26)28(19-14-24-5-1-2-9-30(24)36)32(37-27-17-10-22(21-34)11-18-27)29-8-3-6-25-7-4-20-35-31(25)29/h3-4,6-8,10-18,20,28,32H,1-2,5,9,19H2/t28-,32-/m1/s1. The van der Waals surface area contributed by atoms with E-state index in [2.05, 4.69) is 11.1 Å². The number of benzene rings is 3. The number of aromatic nitrogens is 1. The Morgan fingerprint density at radius 2 is 1.73 bits per heavy atom. The first-order chi connectivity index (χ1) is 18.1. The fourth-order valence-corrected chi connectivity index (χ4v) is 5.00. The van der Waals surface area contributed by atoms with E-state index in [4.69, 9.17) is 4.74 Å². The summed E-state index contributed by atoms with van der Waals surface area (Å²) in [6, 6.07) is 25.6. The molecule has 5 heteroatoms. The summed E-state index contributed by atoms with van der Waals surface area (Å²) >= 11 is 0. The summed E-state index contributed by atoms with van der Waals surface area (Å²) < 4.78 is 20.6. The van der Waals surface area contributed by atoms with Crippen LogP contribution in [0.5, 0.6) is 5.75 Å². The lowest BCUT2D eigenvalue weighted by Gasteiger charge is -2.29. The Morgan fingerprint density at radius 1 is 0.973 bits per heavy atom. The molecule has 0 saturated heterocycles. The quantitative estimate of drug-likeness (QED) is 0.250. The zero-order chi connectivity index (χ0) is 25.6. The number of ketones is 1. The van der Waals surface area contributed by atoms with Crippen molar-refractivity contribution in [2.75, 3.05) is 0 Å². The normalized spacial score (nSPS) is 16.3. The van der Waals surface area contributed by atoms with Crippen LogP contribution in [0.3, 0.4) is 0 Å². The van der Waals surface area contributed by atoms with Crippen LogP contribution >= 0.6 is 0 Å². The van der Waals surface area contributed by atoms with Crippen molar-refractivity contribution in [2.24, 2.45) is 0 Å². The third kappa shape index (κ3) is 5.59. The molecular formula is C32H27FN2O2. The van der Waals surface area contributed by atoms with Crippen LogP contribution in [0.4, 0.5) is 4.39 Å². The Labute approximate surface area is 216 Å². The van der Waals surface area contributed by atoms with Gasteiger partial charge < -0.3 is 4.74 Å². The van der Waals surface area contributed by atoms with Crippen molar-refractivity contribution in [2.45, 2.75) is 44.1 Å². The minimum Gasteiger partial charge on any atom is -0.485 e. The number of carbonyl (C=O) groups is 1. The van der Waals surface area contributed by atoms with Gasteiger partial charge in [0.25, 0.3) is 0 Å². The van der Waals surface area contributed by atoms with Crippen molar-refractivity contribution < 1.29 is 13.9 Å². The van der Waals surface area contributed by atoms with Crippen LogP contribution in [0.15, 0.2) is 96.7 Å². The predicted molar refractivity (Wildman–Crippen MR) is 142 cm³/mol. The van der Waals surface area contributed by atoms with Gasteiger partial charge in [0.05, 0.1) is 17.1 Å². The molecule has 1 aromatic heterocycles. The molecule has 4 nitrogen and oxygen atoms in total. The number of hydrogen-bond donors (Lipinski definition) is 0. The van der Waals surface area contributed by atoms with Gasteiger partial charge in [-0.3, -0.25) is 9.78 Å². The molecule has 5 rings (SSSR count). The highest BCUT2D eigenvalue weighted by Gasteiger charge is 2.29. The second-order valence-electron chi connectivity index (χ2n) is 9.35. The first-order valence-electron chi connectivity index (χ1n) is 12.6. The Morgan fingerprint density at radius 3 is 2.49 bits per heavy atom. The van der Waals surface area contributed by atoms with Gasteiger partial charge in [-0.1, -0.05) is 42.5 Å². The average molecular weight is 491 g/mol. The third-order valence-electron chi connectivity index (χ3n) is 6.96. The Hall–Kier alpha value is -4.30. The SMILES string of the molecule is N#Cc1ccc(O[C@@H](c2cccc3cccnc23)[C@H](CC=C2CCCCC2=O)c2ccc(F)cc2)cc1. The van der Waals surface area contributed by atoms with E-state index in [0.29, 0.717) is 24.2 Å². The van der Waals surface area contributed by atoms with Crippen molar-refractivity contribution in [3.05, 3.63) is 119 Å². The molecule has 1 saturated carbocycles. The van der Waals surface area contributed by atoms with E-state index in [-0.39, 0.29) is 17.5 Å². The number of carbonyl (C=O) groups excluding carboxylic acids is 1. The highest BCUT2D eigenvalue weighted by atomic mass is 19.1. The number of ether oxygens (including phenoxy) is 1. The van der Waals surface area contributed by atoms with E-state index in [0.717, 1.165) is 46.9 Å². The van der Waals surface area contributed by atoms with Gasteiger partial charge in [-0.25, -0.2) is 4.39 Å². The van der Waals surface area contributed by atoms with Gasteiger partial charge in [-0.2, -0.15) is 5.26 Å². The first-order valence-corrected chi connectivity index (χ1v) is 12.6. The number of para-hydroxylation sites is 1. The van der Waals surface area contributed by atoms with Crippen molar-refractivity contribution in [3.8, 4) is 11.8 Å². The fourth-order valence-electron chi connectivity index (χ4n) is 5.00. The Kier molecular flexibility index (Phi) is 7.37. The Bertz CT molecular complexity index is 1460. The molecule has 0 bridgehead atoms. The molecule has 1 aliphatic carbocycles. The molecule has 184 valence electrons. The van der Waals surface area contributed by atoms with E-state index < -0.39 is 6.10 Å². The maximum Gasteiger partial charge on any atom is 0.158 e. The van der Waals surface area contributed by atoms with Crippen LogP contribution in [0.25, 0.3) is 10.9 Å². The molecule has 0 amide bonds. The van der Waals surface area contributed by atoms with Crippen molar-refractivity contribution >= 4 is 16.7 Å². The number of hydrogen-bond acceptors (Lipinski definition) is 4. The monoisotopic (exact) mass is 490 g/mol. The van der Waals surface area contributed by atoms with Gasteiger partial charge >= 0.3 is 0 Å². The molecule has 0 N–H and O–H groups in total. The smallest absolute Gasteiger partial charge is 0.158 e. The molecule has 3 aromatic carbocycles. The molecule has 1 fully saturated rings. The summed E-state index contributed by atoms with van der Waals surface area (Å²) in [5.41, 5.74) is 4.06. The van der Waals surface area contributed by atoms with Gasteiger partial charge in [-0.05, 0) is 79.3 Å². The molecule has 0 spiro atoms. The van der Waals surface area contributed by atoms with Crippen LogP contribution < -0.4 is 4.74 Å². The maximum absolute atomic E-state index is 13.9. The lowest BCUT2D eigenvalue weighted by molar-refractivity contribution is -0.116. The zero-order valence-corrected chi connectivity index (χ0v) is 20.4. The van der Waals surface area contributed by atoms with Gasteiger partial charge in [0.2, 0.25) is 0 Å². The summed E-state index contributed by atoms with van der Waals surface area (Å²) in [6.07, 6.45) is 7.20. The number of nitriles is 1. The van der Waals surface area contributed by atoms with Crippen LogP contribution in [0, 0.1) is 17.1 Å². The molecule has 2 atom stereocenters. The number of halogens is 1. The summed E-state index contributed by atoms with van der Waals surface area (Å²) in [4.78, 5) is 17.2. The zero-order valence-electron chi connectivity index (χ0n) is 20.4. The lowest BCUT2D eigenvalue weighted by Crippen LogP contribution is -2.19. The number of Topliss-reactive ketones (excluding diaryl/α,β-unsaturated/α-hetero) is 1. The van der Waals surface area contributed by atoms with Gasteiger partial charge in [0.1, 0.15) is 17.7 Å². The number of allylic oxidation sites excluding steroid dienone is 2. The number of rotatable bonds is 7. The largest absolute Gasteiger partial charge is 0.485 e. The van der Waals surface area contributed by atoms with Crippen molar-refractivity contribution in [1.29, 1.82) is 5.26 Å². The van der Waals surface area contributed by atoms with Crippen LogP contribution in [0.2, 0.25) is 0 Å². The molecule has 4 aromatic rings. The van der Waals surface area contributed by atoms with Crippen molar-refractivity contribution in [1.82, 2.24) is 4.98 Å². The molecule has 37 heavy (non-hydrogen) atoms. The van der Waals surface area contributed by atoms with Crippen LogP contribution in [0.1, 0.15) is 60.8 Å². The van der Waals surface area contributed by atoms with Gasteiger partial charge in [-0.15, -0.1) is 0 Å². The second kappa shape index (κ2) is 11.2. The summed E-state index contributed by atoms with van der Waals surface area (Å²) in [5, 5.41) is 10.2. The highest BCUT2D eigenvalue weighted by Crippen LogP contribution is 2.41. The van der Waals surface area contributed by atoms with Gasteiger partial charge in [0.15, 0.2) is 5.78 Å². The predicted octanol–water partition coefficient (Wildman–Crippen LogP) is 7.61. The summed E-state index contributed by atoms with van der Waals surface area (Å²) in [6.45, 7) is 0. The minimum atomic E-state index is -0.479. The number of fused-ring (bicyclic) bond motifs is 1. The van der Waals surface area contributed by atoms with Crippen molar-refractivity contribution in [3.63, 3.8) is 0 Å². The number of pyridine rings is 1. The van der Waals surface area contributed by atoms with Crippen LogP contribution in [-0.4, -0.2) is 10.8 Å². The molecule has 0 unspecified atom stereocenters. The Balaban J connectivity index is 1.63. The summed E-state index contributed by atoms with van der Waals surface area (Å²) in [7, 11) is 0. The van der Waals surface area contributed by atoms with E-state index in [1.54, 1.807) is 42.6 Å².